The maximum absolute atomic E-state index is 12.4. The minimum absolute atomic E-state index is 0.353. The number of rotatable bonds is 4. The molecule has 0 fully saturated rings. The van der Waals surface area contributed by atoms with Gasteiger partial charge in [-0.25, -0.2) is 9.59 Å². The molecule has 7 heteroatoms. The van der Waals surface area contributed by atoms with Gasteiger partial charge in [0.1, 0.15) is 5.60 Å². The zero-order valence-electron chi connectivity index (χ0n) is 15.7. The van der Waals surface area contributed by atoms with Gasteiger partial charge in [0.15, 0.2) is 0 Å². The highest BCUT2D eigenvalue weighted by molar-refractivity contribution is 6.05. The third-order valence-corrected chi connectivity index (χ3v) is 3.33. The summed E-state index contributed by atoms with van der Waals surface area (Å²) in [6.07, 6.45) is -0.599. The second-order valence-corrected chi connectivity index (χ2v) is 6.73. The van der Waals surface area contributed by atoms with Gasteiger partial charge in [0.05, 0.1) is 12.7 Å². The van der Waals surface area contributed by atoms with E-state index in [1.165, 1.54) is 7.11 Å². The van der Waals surface area contributed by atoms with Gasteiger partial charge < -0.3 is 14.8 Å². The van der Waals surface area contributed by atoms with Crippen molar-refractivity contribution in [1.82, 2.24) is 0 Å². The summed E-state index contributed by atoms with van der Waals surface area (Å²) in [7, 11) is 1.30. The summed E-state index contributed by atoms with van der Waals surface area (Å²) in [5, 5.41) is 5.32. The average molecular weight is 370 g/mol. The molecule has 0 aliphatic rings. The molecule has 0 saturated carbocycles. The molecular formula is C20H22N2O5. The molecule has 2 rings (SSSR count). The molecule has 0 unspecified atom stereocenters. The van der Waals surface area contributed by atoms with Gasteiger partial charge in [0.2, 0.25) is 0 Å². The standard InChI is InChI=1S/C20H22N2O5/c1-20(2,3)27-19(25)22-16-7-5-6-14(12-16)17(23)21-15-10-8-13(9-11-15)18(24)26-4/h5-12H,1-4H3,(H,21,23)(H,22,25). The third kappa shape index (κ3) is 6.14. The maximum atomic E-state index is 12.4. The van der Waals surface area contributed by atoms with E-state index in [1.807, 2.05) is 0 Å². The molecule has 0 saturated heterocycles. The number of nitrogens with one attached hydrogen (secondary N) is 2. The van der Waals surface area contributed by atoms with Crippen molar-refractivity contribution in [2.45, 2.75) is 26.4 Å². The Hall–Kier alpha value is -3.35. The Balaban J connectivity index is 2.04. The molecule has 7 nitrogen and oxygen atoms in total. The van der Waals surface area contributed by atoms with E-state index in [0.29, 0.717) is 22.5 Å². The first kappa shape index (κ1) is 20.0. The molecule has 2 amide bonds. The Morgan fingerprint density at radius 2 is 1.52 bits per heavy atom. The fraction of sp³-hybridized carbons (Fsp3) is 0.250. The number of carbonyl (C=O) groups excluding carboxylic acids is 3. The number of ether oxygens (including phenoxy) is 2. The van der Waals surface area contributed by atoms with E-state index in [1.54, 1.807) is 69.3 Å². The minimum atomic E-state index is -0.616. The van der Waals surface area contributed by atoms with Crippen LogP contribution in [-0.2, 0) is 9.47 Å². The van der Waals surface area contributed by atoms with Crippen molar-refractivity contribution in [3.63, 3.8) is 0 Å². The lowest BCUT2D eigenvalue weighted by Crippen LogP contribution is -2.27. The van der Waals surface area contributed by atoms with Gasteiger partial charge in [-0.05, 0) is 63.2 Å². The summed E-state index contributed by atoms with van der Waals surface area (Å²) >= 11 is 0. The molecule has 0 aromatic heterocycles. The predicted octanol–water partition coefficient (Wildman–Crippen LogP) is 4.07. The highest BCUT2D eigenvalue weighted by Gasteiger charge is 2.16. The summed E-state index contributed by atoms with van der Waals surface area (Å²) in [6.45, 7) is 5.30. The zero-order valence-corrected chi connectivity index (χ0v) is 15.7. The largest absolute Gasteiger partial charge is 0.465 e. The second-order valence-electron chi connectivity index (χ2n) is 6.73. The first-order valence-electron chi connectivity index (χ1n) is 8.28. The van der Waals surface area contributed by atoms with Crippen molar-refractivity contribution in [2.75, 3.05) is 17.7 Å². The van der Waals surface area contributed by atoms with Gasteiger partial charge in [-0.3, -0.25) is 10.1 Å². The van der Waals surface area contributed by atoms with Crippen molar-refractivity contribution >= 4 is 29.3 Å². The Kier molecular flexibility index (Phi) is 6.18. The van der Waals surface area contributed by atoms with Gasteiger partial charge in [-0.15, -0.1) is 0 Å². The lowest BCUT2D eigenvalue weighted by Gasteiger charge is -2.19. The number of hydrogen-bond donors (Lipinski definition) is 2. The summed E-state index contributed by atoms with van der Waals surface area (Å²) in [6, 6.07) is 12.8. The molecule has 0 atom stereocenters. The normalized spacial score (nSPS) is 10.7. The number of methoxy groups -OCH3 is 1. The van der Waals surface area contributed by atoms with Crippen LogP contribution in [0.25, 0.3) is 0 Å². The van der Waals surface area contributed by atoms with E-state index >= 15 is 0 Å². The van der Waals surface area contributed by atoms with E-state index in [0.717, 1.165) is 0 Å². The molecule has 0 heterocycles. The highest BCUT2D eigenvalue weighted by Crippen LogP contribution is 2.16. The molecule has 0 aliphatic carbocycles. The summed E-state index contributed by atoms with van der Waals surface area (Å²) in [5.74, 6) is -0.803. The molecule has 0 bridgehead atoms. The molecular weight excluding hydrogens is 348 g/mol. The van der Waals surface area contributed by atoms with Crippen LogP contribution in [0.5, 0.6) is 0 Å². The number of amides is 2. The lowest BCUT2D eigenvalue weighted by atomic mass is 10.1. The van der Waals surface area contributed by atoms with Crippen LogP contribution in [0.4, 0.5) is 16.2 Å². The first-order valence-corrected chi connectivity index (χ1v) is 8.28. The Morgan fingerprint density at radius 1 is 0.852 bits per heavy atom. The Morgan fingerprint density at radius 3 is 2.11 bits per heavy atom. The van der Waals surface area contributed by atoms with Crippen LogP contribution >= 0.6 is 0 Å². The minimum Gasteiger partial charge on any atom is -0.465 e. The van der Waals surface area contributed by atoms with Crippen molar-refractivity contribution < 1.29 is 23.9 Å². The van der Waals surface area contributed by atoms with Gasteiger partial charge in [0.25, 0.3) is 5.91 Å². The zero-order chi connectivity index (χ0) is 20.0. The third-order valence-electron chi connectivity index (χ3n) is 3.33. The van der Waals surface area contributed by atoms with E-state index in [4.69, 9.17) is 4.74 Å². The molecule has 0 spiro atoms. The van der Waals surface area contributed by atoms with Crippen molar-refractivity contribution in [1.29, 1.82) is 0 Å². The lowest BCUT2D eigenvalue weighted by molar-refractivity contribution is 0.0598. The fourth-order valence-corrected chi connectivity index (χ4v) is 2.17. The molecule has 2 aromatic carbocycles. The molecule has 2 N–H and O–H groups in total. The van der Waals surface area contributed by atoms with Crippen LogP contribution in [0, 0.1) is 0 Å². The Bertz CT molecular complexity index is 838. The van der Waals surface area contributed by atoms with Crippen molar-refractivity contribution in [3.8, 4) is 0 Å². The van der Waals surface area contributed by atoms with E-state index in [9.17, 15) is 14.4 Å². The SMILES string of the molecule is COC(=O)c1ccc(NC(=O)c2cccc(NC(=O)OC(C)(C)C)c2)cc1. The van der Waals surface area contributed by atoms with Gasteiger partial charge in [-0.2, -0.15) is 0 Å². The van der Waals surface area contributed by atoms with Crippen LogP contribution in [0.15, 0.2) is 48.5 Å². The topological polar surface area (TPSA) is 93.7 Å². The van der Waals surface area contributed by atoms with Gasteiger partial charge >= 0.3 is 12.1 Å². The molecule has 0 radical (unpaired) electrons. The van der Waals surface area contributed by atoms with Crippen LogP contribution in [0.1, 0.15) is 41.5 Å². The van der Waals surface area contributed by atoms with Crippen molar-refractivity contribution in [3.05, 3.63) is 59.7 Å². The summed E-state index contributed by atoms with van der Waals surface area (Å²) < 4.78 is 9.82. The van der Waals surface area contributed by atoms with E-state index in [-0.39, 0.29) is 5.91 Å². The molecule has 2 aromatic rings. The van der Waals surface area contributed by atoms with E-state index in [2.05, 4.69) is 15.4 Å². The smallest absolute Gasteiger partial charge is 0.412 e. The first-order chi connectivity index (χ1) is 12.7. The highest BCUT2D eigenvalue weighted by atomic mass is 16.6. The molecule has 27 heavy (non-hydrogen) atoms. The quantitative estimate of drug-likeness (QED) is 0.791. The number of esters is 1. The number of benzene rings is 2. The second kappa shape index (κ2) is 8.35. The van der Waals surface area contributed by atoms with Crippen molar-refractivity contribution in [2.24, 2.45) is 0 Å². The van der Waals surface area contributed by atoms with Gasteiger partial charge in [-0.1, -0.05) is 6.07 Å². The number of hydrogen-bond acceptors (Lipinski definition) is 5. The summed E-state index contributed by atoms with van der Waals surface area (Å²) in [4.78, 5) is 35.7. The monoisotopic (exact) mass is 370 g/mol. The maximum Gasteiger partial charge on any atom is 0.412 e. The van der Waals surface area contributed by atoms with Crippen LogP contribution < -0.4 is 10.6 Å². The fourth-order valence-electron chi connectivity index (χ4n) is 2.17. The molecule has 0 aliphatic heterocycles. The Labute approximate surface area is 157 Å². The summed E-state index contributed by atoms with van der Waals surface area (Å²) in [5.41, 5.74) is 1.10. The number of anilines is 2. The van der Waals surface area contributed by atoms with Gasteiger partial charge in [0, 0.05) is 16.9 Å². The van der Waals surface area contributed by atoms with Crippen LogP contribution in [-0.4, -0.2) is 30.7 Å². The van der Waals surface area contributed by atoms with Crippen LogP contribution in [0.3, 0.4) is 0 Å². The number of carbonyl (C=O) groups is 3. The average Bonchev–Trinajstić information content (AvgIpc) is 2.60. The molecule has 142 valence electrons. The predicted molar refractivity (Wildman–Crippen MR) is 102 cm³/mol. The van der Waals surface area contributed by atoms with E-state index < -0.39 is 17.7 Å². The van der Waals surface area contributed by atoms with Crippen LogP contribution in [0.2, 0.25) is 0 Å².